The molecule has 0 saturated heterocycles. The summed E-state index contributed by atoms with van der Waals surface area (Å²) in [6.45, 7) is 1.65. The van der Waals surface area contributed by atoms with Gasteiger partial charge in [-0.05, 0) is 60.3 Å². The molecular formula is C15H16BrFN4O2. The topological polar surface area (TPSA) is 79.9 Å². The van der Waals surface area contributed by atoms with Crippen molar-refractivity contribution in [3.63, 3.8) is 0 Å². The predicted molar refractivity (Wildman–Crippen MR) is 84.2 cm³/mol. The van der Waals surface area contributed by atoms with Gasteiger partial charge in [0.15, 0.2) is 6.10 Å². The fourth-order valence-corrected chi connectivity index (χ4v) is 2.98. The van der Waals surface area contributed by atoms with Crippen LogP contribution in [0.4, 0.5) is 4.39 Å². The van der Waals surface area contributed by atoms with Gasteiger partial charge in [0, 0.05) is 0 Å². The van der Waals surface area contributed by atoms with Crippen molar-refractivity contribution in [3.05, 3.63) is 40.6 Å². The third-order valence-electron chi connectivity index (χ3n) is 4.00. The Balaban J connectivity index is 1.68. The SMILES string of the molecule is CC(Oc1ccc(F)cc1Br)C(=O)NC1(c2ncn[nH]2)CCC1. The van der Waals surface area contributed by atoms with Crippen LogP contribution in [-0.2, 0) is 10.3 Å². The molecule has 0 spiro atoms. The zero-order valence-electron chi connectivity index (χ0n) is 12.5. The van der Waals surface area contributed by atoms with Crippen LogP contribution >= 0.6 is 15.9 Å². The molecule has 6 nitrogen and oxygen atoms in total. The van der Waals surface area contributed by atoms with Gasteiger partial charge in [-0.3, -0.25) is 9.89 Å². The summed E-state index contributed by atoms with van der Waals surface area (Å²) in [6.07, 6.45) is 3.33. The Kier molecular flexibility index (Phi) is 4.34. The van der Waals surface area contributed by atoms with Crippen LogP contribution in [0, 0.1) is 5.82 Å². The molecule has 1 heterocycles. The van der Waals surface area contributed by atoms with Crippen molar-refractivity contribution in [1.82, 2.24) is 20.5 Å². The molecule has 1 saturated carbocycles. The first-order valence-electron chi connectivity index (χ1n) is 7.30. The van der Waals surface area contributed by atoms with Gasteiger partial charge in [0.05, 0.1) is 10.0 Å². The van der Waals surface area contributed by atoms with E-state index in [9.17, 15) is 9.18 Å². The highest BCUT2D eigenvalue weighted by atomic mass is 79.9. The Bertz CT molecular complexity index is 704. The van der Waals surface area contributed by atoms with E-state index in [1.807, 2.05) is 0 Å². The minimum Gasteiger partial charge on any atom is -0.480 e. The summed E-state index contributed by atoms with van der Waals surface area (Å²) in [5, 5.41) is 9.67. The van der Waals surface area contributed by atoms with Gasteiger partial charge in [-0.25, -0.2) is 9.37 Å². The number of nitrogens with one attached hydrogen (secondary N) is 2. The highest BCUT2D eigenvalue weighted by Gasteiger charge is 2.43. The van der Waals surface area contributed by atoms with E-state index < -0.39 is 11.6 Å². The molecule has 2 aromatic rings. The molecule has 8 heteroatoms. The Morgan fingerprint density at radius 2 is 2.30 bits per heavy atom. The number of amides is 1. The lowest BCUT2D eigenvalue weighted by Gasteiger charge is -2.41. The lowest BCUT2D eigenvalue weighted by atomic mass is 9.76. The van der Waals surface area contributed by atoms with Gasteiger partial charge in [-0.15, -0.1) is 0 Å². The van der Waals surface area contributed by atoms with Gasteiger partial charge in [-0.2, -0.15) is 5.10 Å². The van der Waals surface area contributed by atoms with Gasteiger partial charge >= 0.3 is 0 Å². The summed E-state index contributed by atoms with van der Waals surface area (Å²) >= 11 is 3.22. The zero-order chi connectivity index (χ0) is 16.4. The number of halogens is 2. The van der Waals surface area contributed by atoms with Gasteiger partial charge in [0.25, 0.3) is 5.91 Å². The second kappa shape index (κ2) is 6.27. The number of nitrogens with zero attached hydrogens (tertiary/aromatic N) is 2. The second-order valence-electron chi connectivity index (χ2n) is 5.59. The van der Waals surface area contributed by atoms with Crippen molar-refractivity contribution < 1.29 is 13.9 Å². The number of hydrogen-bond donors (Lipinski definition) is 2. The van der Waals surface area contributed by atoms with Crippen molar-refractivity contribution in [1.29, 1.82) is 0 Å². The van der Waals surface area contributed by atoms with Crippen LogP contribution in [0.15, 0.2) is 29.0 Å². The molecule has 1 aromatic heterocycles. The quantitative estimate of drug-likeness (QED) is 0.832. The van der Waals surface area contributed by atoms with Crippen LogP contribution in [0.2, 0.25) is 0 Å². The molecule has 1 atom stereocenters. The molecule has 122 valence electrons. The van der Waals surface area contributed by atoms with Crippen molar-refractivity contribution in [3.8, 4) is 5.75 Å². The first kappa shape index (κ1) is 15.9. The first-order valence-corrected chi connectivity index (χ1v) is 8.09. The van der Waals surface area contributed by atoms with Crippen LogP contribution in [0.5, 0.6) is 5.75 Å². The maximum Gasteiger partial charge on any atom is 0.261 e. The van der Waals surface area contributed by atoms with Gasteiger partial charge in [-0.1, -0.05) is 0 Å². The van der Waals surface area contributed by atoms with Crippen LogP contribution < -0.4 is 10.1 Å². The molecule has 2 N–H and O–H groups in total. The normalized spacial score (nSPS) is 17.2. The standard InChI is InChI=1S/C15H16BrFN4O2/c1-9(23-12-4-3-10(17)7-11(12)16)13(22)20-15(5-2-6-15)14-18-8-19-21-14/h3-4,7-9H,2,5-6H2,1H3,(H,20,22)(H,18,19,21). The molecule has 0 radical (unpaired) electrons. The molecule has 1 aliphatic rings. The number of aromatic amines is 1. The highest BCUT2D eigenvalue weighted by molar-refractivity contribution is 9.10. The molecular weight excluding hydrogens is 367 g/mol. The number of carbonyl (C=O) groups excluding carboxylic acids is 1. The van der Waals surface area contributed by atoms with E-state index in [0.717, 1.165) is 19.3 Å². The second-order valence-corrected chi connectivity index (χ2v) is 6.45. The van der Waals surface area contributed by atoms with Crippen molar-refractivity contribution >= 4 is 21.8 Å². The zero-order valence-corrected chi connectivity index (χ0v) is 14.1. The Morgan fingerprint density at radius 1 is 1.52 bits per heavy atom. The summed E-state index contributed by atoms with van der Waals surface area (Å²) in [7, 11) is 0. The van der Waals surface area contributed by atoms with Crippen LogP contribution in [0.3, 0.4) is 0 Å². The molecule has 1 amide bonds. The van der Waals surface area contributed by atoms with Crippen molar-refractivity contribution in [2.24, 2.45) is 0 Å². The lowest BCUT2D eigenvalue weighted by Crippen LogP contribution is -2.54. The number of carbonyl (C=O) groups is 1. The highest BCUT2D eigenvalue weighted by Crippen LogP contribution is 2.39. The molecule has 0 bridgehead atoms. The van der Waals surface area contributed by atoms with Crippen LogP contribution in [-0.4, -0.2) is 27.2 Å². The maximum absolute atomic E-state index is 13.1. The number of ether oxygens (including phenoxy) is 1. The summed E-state index contributed by atoms with van der Waals surface area (Å²) in [4.78, 5) is 16.6. The fourth-order valence-electron chi connectivity index (χ4n) is 2.54. The minimum absolute atomic E-state index is 0.252. The molecule has 3 rings (SSSR count). The third kappa shape index (κ3) is 3.21. The number of benzene rings is 1. The Morgan fingerprint density at radius 3 is 2.87 bits per heavy atom. The number of aromatic nitrogens is 3. The summed E-state index contributed by atoms with van der Waals surface area (Å²) < 4.78 is 19.2. The van der Waals surface area contributed by atoms with Gasteiger partial charge in [0.1, 0.15) is 23.7 Å². The van der Waals surface area contributed by atoms with Gasteiger partial charge < -0.3 is 10.1 Å². The largest absolute Gasteiger partial charge is 0.480 e. The number of rotatable bonds is 5. The van der Waals surface area contributed by atoms with E-state index in [4.69, 9.17) is 4.74 Å². The molecule has 0 aliphatic heterocycles. The van der Waals surface area contributed by atoms with E-state index in [2.05, 4.69) is 36.4 Å². The predicted octanol–water partition coefficient (Wildman–Crippen LogP) is 2.67. The average molecular weight is 383 g/mol. The summed E-state index contributed by atoms with van der Waals surface area (Å²) in [5.74, 6) is 0.445. The molecule has 23 heavy (non-hydrogen) atoms. The van der Waals surface area contributed by atoms with E-state index in [1.165, 1.54) is 24.5 Å². The van der Waals surface area contributed by atoms with E-state index in [0.29, 0.717) is 16.0 Å². The first-order chi connectivity index (χ1) is 11.0. The van der Waals surface area contributed by atoms with Crippen LogP contribution in [0.1, 0.15) is 32.0 Å². The van der Waals surface area contributed by atoms with Crippen molar-refractivity contribution in [2.45, 2.75) is 37.8 Å². The Hall–Kier alpha value is -1.96. The summed E-state index contributed by atoms with van der Waals surface area (Å²) in [5.41, 5.74) is -0.495. The maximum atomic E-state index is 13.1. The fraction of sp³-hybridized carbons (Fsp3) is 0.400. The molecule has 1 fully saturated rings. The number of hydrogen-bond acceptors (Lipinski definition) is 4. The summed E-state index contributed by atoms with van der Waals surface area (Å²) in [6, 6.07) is 4.06. The minimum atomic E-state index is -0.725. The average Bonchev–Trinajstić information content (AvgIpc) is 3.00. The van der Waals surface area contributed by atoms with Crippen molar-refractivity contribution in [2.75, 3.05) is 0 Å². The Labute approximate surface area is 141 Å². The lowest BCUT2D eigenvalue weighted by molar-refractivity contribution is -0.130. The monoisotopic (exact) mass is 382 g/mol. The third-order valence-corrected chi connectivity index (χ3v) is 4.62. The smallest absolute Gasteiger partial charge is 0.261 e. The van der Waals surface area contributed by atoms with Gasteiger partial charge in [0.2, 0.25) is 0 Å². The molecule has 1 unspecified atom stereocenters. The van der Waals surface area contributed by atoms with E-state index in [-0.39, 0.29) is 11.7 Å². The van der Waals surface area contributed by atoms with Crippen LogP contribution in [0.25, 0.3) is 0 Å². The van der Waals surface area contributed by atoms with E-state index >= 15 is 0 Å². The van der Waals surface area contributed by atoms with E-state index in [1.54, 1.807) is 6.92 Å². The molecule has 1 aromatic carbocycles. The number of H-pyrrole nitrogens is 1. The molecule has 1 aliphatic carbocycles.